The lowest BCUT2D eigenvalue weighted by molar-refractivity contribution is -0.109. The predicted molar refractivity (Wildman–Crippen MR) is 86.6 cm³/mol. The standard InChI is InChI=1S/C17H28N2O/c1-6-17(3)15(12-16(17)20-7-2)18-13-9-8-10-14(11-13)19(4)5/h8-11,15-16,18H,6-7,12H2,1-5H3. The monoisotopic (exact) mass is 276 g/mol. The van der Waals surface area contributed by atoms with Crippen LogP contribution in [-0.2, 0) is 4.74 Å². The molecule has 1 aromatic carbocycles. The Morgan fingerprint density at radius 2 is 2.10 bits per heavy atom. The van der Waals surface area contributed by atoms with E-state index >= 15 is 0 Å². The first-order valence-corrected chi connectivity index (χ1v) is 7.66. The molecule has 0 spiro atoms. The highest BCUT2D eigenvalue weighted by Crippen LogP contribution is 2.47. The van der Waals surface area contributed by atoms with Crippen molar-refractivity contribution in [2.45, 2.75) is 45.8 Å². The highest BCUT2D eigenvalue weighted by molar-refractivity contribution is 5.58. The van der Waals surface area contributed by atoms with Crippen LogP contribution in [0.4, 0.5) is 11.4 Å². The van der Waals surface area contributed by atoms with Gasteiger partial charge in [-0.05, 0) is 38.0 Å². The number of anilines is 2. The minimum atomic E-state index is 0.240. The summed E-state index contributed by atoms with van der Waals surface area (Å²) in [6, 6.07) is 9.11. The third-order valence-electron chi connectivity index (χ3n) is 4.81. The Morgan fingerprint density at radius 1 is 1.35 bits per heavy atom. The van der Waals surface area contributed by atoms with Gasteiger partial charge in [-0.1, -0.05) is 19.9 Å². The van der Waals surface area contributed by atoms with Gasteiger partial charge in [0.1, 0.15) is 0 Å². The Balaban J connectivity index is 2.05. The van der Waals surface area contributed by atoms with E-state index in [1.54, 1.807) is 0 Å². The zero-order chi connectivity index (χ0) is 14.8. The third kappa shape index (κ3) is 2.78. The van der Waals surface area contributed by atoms with E-state index < -0.39 is 0 Å². The zero-order valence-electron chi connectivity index (χ0n) is 13.4. The van der Waals surface area contributed by atoms with Crippen LogP contribution < -0.4 is 10.2 Å². The number of ether oxygens (including phenoxy) is 1. The van der Waals surface area contributed by atoms with Crippen LogP contribution >= 0.6 is 0 Å². The second kappa shape index (κ2) is 6.04. The lowest BCUT2D eigenvalue weighted by Gasteiger charge is -2.54. The molecule has 0 saturated heterocycles. The van der Waals surface area contributed by atoms with Gasteiger partial charge >= 0.3 is 0 Å². The summed E-state index contributed by atoms with van der Waals surface area (Å²) in [6.07, 6.45) is 2.64. The van der Waals surface area contributed by atoms with Gasteiger partial charge in [-0.3, -0.25) is 0 Å². The Hall–Kier alpha value is -1.22. The van der Waals surface area contributed by atoms with E-state index in [-0.39, 0.29) is 5.41 Å². The molecule has 0 heterocycles. The third-order valence-corrected chi connectivity index (χ3v) is 4.81. The molecule has 0 bridgehead atoms. The molecule has 2 rings (SSSR count). The van der Waals surface area contributed by atoms with Gasteiger partial charge in [0.2, 0.25) is 0 Å². The summed E-state index contributed by atoms with van der Waals surface area (Å²) in [5.74, 6) is 0. The molecule has 1 aromatic rings. The Labute approximate surface area is 123 Å². The Kier molecular flexibility index (Phi) is 4.59. The lowest BCUT2D eigenvalue weighted by Crippen LogP contribution is -2.59. The first-order chi connectivity index (χ1) is 9.51. The van der Waals surface area contributed by atoms with E-state index in [1.165, 1.54) is 11.4 Å². The normalized spacial score (nSPS) is 28.9. The highest BCUT2D eigenvalue weighted by Gasteiger charge is 2.51. The first kappa shape index (κ1) is 15.2. The molecule has 0 aliphatic heterocycles. The minimum Gasteiger partial charge on any atom is -0.382 e. The predicted octanol–water partition coefficient (Wildman–Crippen LogP) is 3.76. The molecule has 0 aromatic heterocycles. The van der Waals surface area contributed by atoms with Crippen LogP contribution in [0.15, 0.2) is 24.3 Å². The molecule has 1 N–H and O–H groups in total. The van der Waals surface area contributed by atoms with Gasteiger partial charge in [0.05, 0.1) is 6.10 Å². The SMILES string of the molecule is CCOC1CC(Nc2cccc(N(C)C)c2)C1(C)CC. The topological polar surface area (TPSA) is 24.5 Å². The fourth-order valence-electron chi connectivity index (χ4n) is 3.05. The fourth-order valence-corrected chi connectivity index (χ4v) is 3.05. The van der Waals surface area contributed by atoms with Crippen LogP contribution in [0, 0.1) is 5.41 Å². The van der Waals surface area contributed by atoms with Gasteiger partial charge in [0.15, 0.2) is 0 Å². The summed E-state index contributed by atoms with van der Waals surface area (Å²) in [7, 11) is 4.15. The number of hydrogen-bond donors (Lipinski definition) is 1. The number of hydrogen-bond acceptors (Lipinski definition) is 3. The van der Waals surface area contributed by atoms with E-state index in [1.807, 2.05) is 0 Å². The molecule has 20 heavy (non-hydrogen) atoms. The molecule has 3 heteroatoms. The summed E-state index contributed by atoms with van der Waals surface area (Å²) in [6.45, 7) is 7.49. The molecule has 0 amide bonds. The van der Waals surface area contributed by atoms with Gasteiger partial charge in [0, 0.05) is 43.5 Å². The summed E-state index contributed by atoms with van der Waals surface area (Å²) in [4.78, 5) is 2.13. The summed E-state index contributed by atoms with van der Waals surface area (Å²) >= 11 is 0. The van der Waals surface area contributed by atoms with E-state index in [4.69, 9.17) is 4.74 Å². The van der Waals surface area contributed by atoms with Gasteiger partial charge in [-0.25, -0.2) is 0 Å². The smallest absolute Gasteiger partial charge is 0.0667 e. The second-order valence-electron chi connectivity index (χ2n) is 6.18. The first-order valence-electron chi connectivity index (χ1n) is 7.66. The van der Waals surface area contributed by atoms with Gasteiger partial charge < -0.3 is 15.0 Å². The van der Waals surface area contributed by atoms with Crippen LogP contribution in [-0.4, -0.2) is 32.8 Å². The van der Waals surface area contributed by atoms with Crippen molar-refractivity contribution in [2.24, 2.45) is 5.41 Å². The molecule has 3 nitrogen and oxygen atoms in total. The number of nitrogens with one attached hydrogen (secondary N) is 1. The van der Waals surface area contributed by atoms with E-state index in [2.05, 4.69) is 69.3 Å². The molecule has 3 atom stereocenters. The molecule has 1 saturated carbocycles. The molecule has 0 radical (unpaired) electrons. The van der Waals surface area contributed by atoms with Crippen molar-refractivity contribution in [3.63, 3.8) is 0 Å². The van der Waals surface area contributed by atoms with E-state index in [0.717, 1.165) is 19.4 Å². The quantitative estimate of drug-likeness (QED) is 0.856. The van der Waals surface area contributed by atoms with Crippen LogP contribution in [0.2, 0.25) is 0 Å². The maximum Gasteiger partial charge on any atom is 0.0667 e. The van der Waals surface area contributed by atoms with Gasteiger partial charge in [0.25, 0.3) is 0 Å². The van der Waals surface area contributed by atoms with Crippen molar-refractivity contribution >= 4 is 11.4 Å². The largest absolute Gasteiger partial charge is 0.382 e. The highest BCUT2D eigenvalue weighted by atomic mass is 16.5. The van der Waals surface area contributed by atoms with Crippen molar-refractivity contribution in [3.05, 3.63) is 24.3 Å². The number of nitrogens with zero attached hydrogens (tertiary/aromatic N) is 1. The zero-order valence-corrected chi connectivity index (χ0v) is 13.4. The minimum absolute atomic E-state index is 0.240. The van der Waals surface area contributed by atoms with Crippen LogP contribution in [0.5, 0.6) is 0 Å². The number of rotatable bonds is 6. The maximum atomic E-state index is 5.87. The molecule has 1 fully saturated rings. The molecular weight excluding hydrogens is 248 g/mol. The number of benzene rings is 1. The Morgan fingerprint density at radius 3 is 2.70 bits per heavy atom. The van der Waals surface area contributed by atoms with Crippen LogP contribution in [0.1, 0.15) is 33.6 Å². The van der Waals surface area contributed by atoms with Crippen molar-refractivity contribution in [2.75, 3.05) is 30.9 Å². The summed E-state index contributed by atoms with van der Waals surface area (Å²) < 4.78 is 5.87. The van der Waals surface area contributed by atoms with Crippen molar-refractivity contribution in [1.29, 1.82) is 0 Å². The van der Waals surface area contributed by atoms with Crippen molar-refractivity contribution in [1.82, 2.24) is 0 Å². The molecule has 112 valence electrons. The van der Waals surface area contributed by atoms with Crippen LogP contribution in [0.25, 0.3) is 0 Å². The van der Waals surface area contributed by atoms with Crippen molar-refractivity contribution < 1.29 is 4.74 Å². The molecule has 3 unspecified atom stereocenters. The average Bonchev–Trinajstić information content (AvgIpc) is 2.45. The average molecular weight is 276 g/mol. The second-order valence-corrected chi connectivity index (χ2v) is 6.18. The lowest BCUT2D eigenvalue weighted by atomic mass is 9.61. The Bertz CT molecular complexity index is 446. The summed E-state index contributed by atoms with van der Waals surface area (Å²) in [5, 5.41) is 3.70. The molecule has 1 aliphatic carbocycles. The molecular formula is C17H28N2O. The maximum absolute atomic E-state index is 5.87. The fraction of sp³-hybridized carbons (Fsp3) is 0.647. The van der Waals surface area contributed by atoms with Gasteiger partial charge in [-0.2, -0.15) is 0 Å². The van der Waals surface area contributed by atoms with Crippen molar-refractivity contribution in [3.8, 4) is 0 Å². The summed E-state index contributed by atoms with van der Waals surface area (Å²) in [5.41, 5.74) is 2.68. The van der Waals surface area contributed by atoms with E-state index in [9.17, 15) is 0 Å². The van der Waals surface area contributed by atoms with Gasteiger partial charge in [-0.15, -0.1) is 0 Å². The van der Waals surface area contributed by atoms with Crippen LogP contribution in [0.3, 0.4) is 0 Å². The van der Waals surface area contributed by atoms with E-state index in [0.29, 0.717) is 12.1 Å². The molecule has 1 aliphatic rings.